The molecule has 0 aromatic heterocycles. The molecule has 0 unspecified atom stereocenters. The molecule has 0 heterocycles. The third kappa shape index (κ3) is 4.11. The molecule has 2 N–H and O–H groups in total. The van der Waals surface area contributed by atoms with Crippen molar-refractivity contribution in [2.24, 2.45) is 11.8 Å². The third-order valence-corrected chi connectivity index (χ3v) is 4.47. The number of halogens is 2. The molecule has 1 aliphatic rings. The Morgan fingerprint density at radius 1 is 1.24 bits per heavy atom. The van der Waals surface area contributed by atoms with Crippen molar-refractivity contribution in [3.63, 3.8) is 0 Å². The van der Waals surface area contributed by atoms with Crippen molar-refractivity contribution in [3.05, 3.63) is 33.8 Å². The van der Waals surface area contributed by atoms with E-state index in [9.17, 15) is 9.59 Å². The molecule has 114 valence electrons. The number of hydrogen-bond acceptors (Lipinski definition) is 2. The van der Waals surface area contributed by atoms with E-state index < -0.39 is 17.8 Å². The van der Waals surface area contributed by atoms with Crippen LogP contribution in [0.25, 0.3) is 0 Å². The van der Waals surface area contributed by atoms with E-state index >= 15 is 0 Å². The van der Waals surface area contributed by atoms with Crippen molar-refractivity contribution in [2.75, 3.05) is 6.54 Å². The van der Waals surface area contributed by atoms with Crippen LogP contribution in [0.4, 0.5) is 0 Å². The SMILES string of the molecule is O=C(O)[C@H]1CCC[C@H]1C(=O)NCCc1ccc(Cl)cc1Cl. The Morgan fingerprint density at radius 2 is 1.95 bits per heavy atom. The van der Waals surface area contributed by atoms with Crippen molar-refractivity contribution >= 4 is 35.1 Å². The van der Waals surface area contributed by atoms with Gasteiger partial charge in [0.1, 0.15) is 0 Å². The minimum atomic E-state index is -0.881. The average molecular weight is 330 g/mol. The first kappa shape index (κ1) is 16.1. The number of amides is 1. The van der Waals surface area contributed by atoms with Crippen molar-refractivity contribution in [1.82, 2.24) is 5.32 Å². The minimum absolute atomic E-state index is 0.176. The molecule has 1 fully saturated rings. The Balaban J connectivity index is 1.85. The smallest absolute Gasteiger partial charge is 0.307 e. The number of carboxylic acid groups (broad SMARTS) is 1. The Morgan fingerprint density at radius 3 is 2.62 bits per heavy atom. The highest BCUT2D eigenvalue weighted by molar-refractivity contribution is 6.35. The van der Waals surface area contributed by atoms with Crippen molar-refractivity contribution in [1.29, 1.82) is 0 Å². The van der Waals surface area contributed by atoms with Gasteiger partial charge in [0.15, 0.2) is 0 Å². The fourth-order valence-electron chi connectivity index (χ4n) is 2.75. The van der Waals surface area contributed by atoms with Crippen LogP contribution in [0.15, 0.2) is 18.2 Å². The molecule has 6 heteroatoms. The Kier molecular flexibility index (Phi) is 5.48. The number of benzene rings is 1. The summed E-state index contributed by atoms with van der Waals surface area (Å²) >= 11 is 11.9. The normalized spacial score (nSPS) is 21.2. The second kappa shape index (κ2) is 7.14. The van der Waals surface area contributed by atoms with Crippen LogP contribution in [0.2, 0.25) is 10.0 Å². The third-order valence-electron chi connectivity index (χ3n) is 3.88. The number of aliphatic carboxylic acids is 1. The average Bonchev–Trinajstić information content (AvgIpc) is 2.90. The van der Waals surface area contributed by atoms with Crippen LogP contribution in [0, 0.1) is 11.8 Å². The van der Waals surface area contributed by atoms with Crippen molar-refractivity contribution in [3.8, 4) is 0 Å². The Hall–Kier alpha value is -1.26. The molecule has 0 aliphatic heterocycles. The first-order valence-corrected chi connectivity index (χ1v) is 7.69. The van der Waals surface area contributed by atoms with Gasteiger partial charge in [0.2, 0.25) is 5.91 Å². The molecule has 21 heavy (non-hydrogen) atoms. The summed E-state index contributed by atoms with van der Waals surface area (Å²) in [5, 5.41) is 13.0. The zero-order valence-electron chi connectivity index (χ0n) is 11.4. The molecule has 0 bridgehead atoms. The first-order valence-electron chi connectivity index (χ1n) is 6.93. The molecule has 0 radical (unpaired) electrons. The van der Waals surface area contributed by atoms with Gasteiger partial charge in [0.25, 0.3) is 0 Å². The molecular weight excluding hydrogens is 313 g/mol. The summed E-state index contributed by atoms with van der Waals surface area (Å²) in [7, 11) is 0. The summed E-state index contributed by atoms with van der Waals surface area (Å²) in [4.78, 5) is 23.1. The molecule has 4 nitrogen and oxygen atoms in total. The van der Waals surface area contributed by atoms with Gasteiger partial charge in [0.05, 0.1) is 11.8 Å². The van der Waals surface area contributed by atoms with E-state index in [0.717, 1.165) is 12.0 Å². The lowest BCUT2D eigenvalue weighted by Gasteiger charge is -2.15. The van der Waals surface area contributed by atoms with E-state index in [4.69, 9.17) is 28.3 Å². The predicted octanol–water partition coefficient (Wildman–Crippen LogP) is 3.15. The zero-order chi connectivity index (χ0) is 15.4. The summed E-state index contributed by atoms with van der Waals surface area (Å²) < 4.78 is 0. The fraction of sp³-hybridized carbons (Fsp3) is 0.467. The lowest BCUT2D eigenvalue weighted by molar-refractivity contribution is -0.146. The van der Waals surface area contributed by atoms with Gasteiger partial charge >= 0.3 is 5.97 Å². The standard InChI is InChI=1S/C15H17Cl2NO3/c16-10-5-4-9(13(17)8-10)6-7-18-14(19)11-2-1-3-12(11)15(20)21/h4-5,8,11-12H,1-3,6-7H2,(H,18,19)(H,20,21)/t11-,12+/m1/s1. The van der Waals surface area contributed by atoms with Crippen LogP contribution in [-0.2, 0) is 16.0 Å². The summed E-state index contributed by atoms with van der Waals surface area (Å²) in [6, 6.07) is 5.24. The maximum absolute atomic E-state index is 12.1. The maximum atomic E-state index is 12.1. The molecule has 1 amide bonds. The van der Waals surface area contributed by atoms with Crippen LogP contribution in [0.5, 0.6) is 0 Å². The fourth-order valence-corrected chi connectivity index (χ4v) is 3.25. The topological polar surface area (TPSA) is 66.4 Å². The molecule has 0 spiro atoms. The number of hydrogen-bond donors (Lipinski definition) is 2. The number of nitrogens with one attached hydrogen (secondary N) is 1. The molecule has 0 saturated heterocycles. The van der Waals surface area contributed by atoms with E-state index in [-0.39, 0.29) is 5.91 Å². The van der Waals surface area contributed by atoms with Crippen LogP contribution in [0.1, 0.15) is 24.8 Å². The Labute approximate surface area is 133 Å². The molecule has 2 rings (SSSR count). The van der Waals surface area contributed by atoms with Gasteiger partial charge in [-0.2, -0.15) is 0 Å². The second-order valence-corrected chi connectivity index (χ2v) is 6.10. The van der Waals surface area contributed by atoms with Crippen LogP contribution in [-0.4, -0.2) is 23.5 Å². The van der Waals surface area contributed by atoms with Gasteiger partial charge in [-0.15, -0.1) is 0 Å². The molecule has 1 saturated carbocycles. The van der Waals surface area contributed by atoms with Crippen LogP contribution in [0.3, 0.4) is 0 Å². The summed E-state index contributed by atoms with van der Waals surface area (Å²) in [6.07, 6.45) is 2.60. The highest BCUT2D eigenvalue weighted by atomic mass is 35.5. The highest BCUT2D eigenvalue weighted by Gasteiger charge is 2.37. The lowest BCUT2D eigenvalue weighted by atomic mass is 9.95. The molecule has 1 aromatic carbocycles. The van der Waals surface area contributed by atoms with Crippen LogP contribution >= 0.6 is 23.2 Å². The van der Waals surface area contributed by atoms with E-state index in [1.807, 2.05) is 6.07 Å². The first-order chi connectivity index (χ1) is 9.99. The number of rotatable bonds is 5. The monoisotopic (exact) mass is 329 g/mol. The quantitative estimate of drug-likeness (QED) is 0.871. The number of carbonyl (C=O) groups excluding carboxylic acids is 1. The largest absolute Gasteiger partial charge is 0.481 e. The van der Waals surface area contributed by atoms with E-state index in [1.54, 1.807) is 12.1 Å². The molecule has 1 aromatic rings. The van der Waals surface area contributed by atoms with Gasteiger partial charge < -0.3 is 10.4 Å². The number of carboxylic acids is 1. The maximum Gasteiger partial charge on any atom is 0.307 e. The highest BCUT2D eigenvalue weighted by Crippen LogP contribution is 2.32. The van der Waals surface area contributed by atoms with Gasteiger partial charge in [0, 0.05) is 16.6 Å². The van der Waals surface area contributed by atoms with Gasteiger partial charge in [-0.25, -0.2) is 0 Å². The summed E-state index contributed by atoms with van der Waals surface area (Å²) in [5.74, 6) is -2.02. The number of carbonyl (C=O) groups is 2. The molecule has 2 atom stereocenters. The predicted molar refractivity (Wildman–Crippen MR) is 81.6 cm³/mol. The summed E-state index contributed by atoms with van der Waals surface area (Å²) in [5.41, 5.74) is 0.905. The van der Waals surface area contributed by atoms with E-state index in [1.165, 1.54) is 0 Å². The minimum Gasteiger partial charge on any atom is -0.481 e. The van der Waals surface area contributed by atoms with Gasteiger partial charge in [-0.05, 0) is 37.0 Å². The van der Waals surface area contributed by atoms with Crippen molar-refractivity contribution in [2.45, 2.75) is 25.7 Å². The van der Waals surface area contributed by atoms with Gasteiger partial charge in [-0.1, -0.05) is 35.7 Å². The zero-order valence-corrected chi connectivity index (χ0v) is 13.0. The Bertz CT molecular complexity index is 548. The summed E-state index contributed by atoms with van der Waals surface area (Å²) in [6.45, 7) is 0.434. The van der Waals surface area contributed by atoms with Crippen molar-refractivity contribution < 1.29 is 14.7 Å². The lowest BCUT2D eigenvalue weighted by Crippen LogP contribution is -2.36. The second-order valence-electron chi connectivity index (χ2n) is 5.26. The van der Waals surface area contributed by atoms with Gasteiger partial charge in [-0.3, -0.25) is 9.59 Å². The molecular formula is C15H17Cl2NO3. The van der Waals surface area contributed by atoms with E-state index in [2.05, 4.69) is 5.32 Å². The molecule has 1 aliphatic carbocycles. The van der Waals surface area contributed by atoms with E-state index in [0.29, 0.717) is 35.9 Å². The van der Waals surface area contributed by atoms with Crippen LogP contribution < -0.4 is 5.32 Å².